The van der Waals surface area contributed by atoms with Gasteiger partial charge in [0, 0.05) is 11.4 Å². The largest absolute Gasteiger partial charge is 0.481 e. The number of carbonyl (C=O) groups is 1. The van der Waals surface area contributed by atoms with Crippen molar-refractivity contribution in [1.29, 1.82) is 0 Å². The molecule has 0 spiro atoms. The van der Waals surface area contributed by atoms with Crippen molar-refractivity contribution in [2.45, 2.75) is 6.42 Å². The normalized spacial score (nSPS) is 9.88. The average molecular weight is 227 g/mol. The van der Waals surface area contributed by atoms with Crippen molar-refractivity contribution in [3.05, 3.63) is 60.2 Å². The lowest BCUT2D eigenvalue weighted by Gasteiger charge is -2.10. The highest BCUT2D eigenvalue weighted by atomic mass is 16.4. The van der Waals surface area contributed by atoms with Crippen LogP contribution in [0, 0.1) is 0 Å². The van der Waals surface area contributed by atoms with Crippen LogP contribution in [-0.2, 0) is 11.2 Å². The van der Waals surface area contributed by atoms with E-state index in [1.165, 1.54) is 0 Å². The maximum absolute atomic E-state index is 10.7. The molecular weight excluding hydrogens is 214 g/mol. The Kier molecular flexibility index (Phi) is 3.40. The van der Waals surface area contributed by atoms with E-state index < -0.39 is 5.97 Å². The van der Waals surface area contributed by atoms with E-state index >= 15 is 0 Å². The van der Waals surface area contributed by atoms with Crippen molar-refractivity contribution in [2.75, 3.05) is 5.32 Å². The first kappa shape index (κ1) is 11.2. The summed E-state index contributed by atoms with van der Waals surface area (Å²) < 4.78 is 0. The Morgan fingerprint density at radius 1 is 1.00 bits per heavy atom. The molecule has 0 amide bonds. The summed E-state index contributed by atoms with van der Waals surface area (Å²) in [6, 6.07) is 17.1. The van der Waals surface area contributed by atoms with Crippen molar-refractivity contribution in [3.8, 4) is 0 Å². The Labute approximate surface area is 99.7 Å². The zero-order valence-corrected chi connectivity index (χ0v) is 9.26. The van der Waals surface area contributed by atoms with Crippen molar-refractivity contribution in [2.24, 2.45) is 0 Å². The third kappa shape index (κ3) is 3.08. The van der Waals surface area contributed by atoms with Crippen molar-refractivity contribution in [1.82, 2.24) is 0 Å². The van der Waals surface area contributed by atoms with Gasteiger partial charge in [-0.1, -0.05) is 36.4 Å². The summed E-state index contributed by atoms with van der Waals surface area (Å²) in [5.74, 6) is -0.827. The molecule has 17 heavy (non-hydrogen) atoms. The van der Waals surface area contributed by atoms with Gasteiger partial charge in [0.05, 0.1) is 6.42 Å². The molecule has 0 atom stereocenters. The molecule has 0 aromatic heterocycles. The minimum Gasteiger partial charge on any atom is -0.481 e. The van der Waals surface area contributed by atoms with Gasteiger partial charge in [-0.15, -0.1) is 0 Å². The highest BCUT2D eigenvalue weighted by Gasteiger charge is 2.05. The molecular formula is C14H13NO2. The zero-order valence-electron chi connectivity index (χ0n) is 9.26. The van der Waals surface area contributed by atoms with Crippen LogP contribution in [-0.4, -0.2) is 11.1 Å². The summed E-state index contributed by atoms with van der Waals surface area (Å²) >= 11 is 0. The number of benzene rings is 2. The van der Waals surface area contributed by atoms with Crippen LogP contribution in [0.4, 0.5) is 11.4 Å². The third-order valence-corrected chi connectivity index (χ3v) is 2.41. The van der Waals surface area contributed by atoms with Crippen LogP contribution in [0.2, 0.25) is 0 Å². The van der Waals surface area contributed by atoms with Gasteiger partial charge >= 0.3 is 5.97 Å². The molecule has 0 saturated carbocycles. The van der Waals surface area contributed by atoms with Crippen LogP contribution in [0.15, 0.2) is 54.6 Å². The van der Waals surface area contributed by atoms with Crippen molar-refractivity contribution < 1.29 is 9.90 Å². The topological polar surface area (TPSA) is 49.3 Å². The number of carboxylic acids is 1. The fourth-order valence-electron chi connectivity index (χ4n) is 1.64. The van der Waals surface area contributed by atoms with Crippen LogP contribution in [0.1, 0.15) is 5.56 Å². The van der Waals surface area contributed by atoms with Crippen LogP contribution in [0.5, 0.6) is 0 Å². The van der Waals surface area contributed by atoms with Crippen LogP contribution < -0.4 is 5.32 Å². The molecule has 0 aliphatic carbocycles. The molecule has 0 radical (unpaired) electrons. The monoisotopic (exact) mass is 227 g/mol. The SMILES string of the molecule is O=C(O)Cc1ccccc1Nc1ccccc1. The molecule has 86 valence electrons. The van der Waals surface area contributed by atoms with Crippen molar-refractivity contribution in [3.63, 3.8) is 0 Å². The second kappa shape index (κ2) is 5.16. The predicted octanol–water partition coefficient (Wildman–Crippen LogP) is 3.06. The summed E-state index contributed by atoms with van der Waals surface area (Å²) in [5, 5.41) is 12.0. The standard InChI is InChI=1S/C14H13NO2/c16-14(17)10-11-6-4-5-9-13(11)15-12-7-2-1-3-8-12/h1-9,15H,10H2,(H,16,17). The molecule has 2 aromatic carbocycles. The van der Waals surface area contributed by atoms with Gasteiger partial charge in [-0.05, 0) is 23.8 Å². The minimum absolute atomic E-state index is 0.0238. The molecule has 0 unspecified atom stereocenters. The number of carboxylic acid groups (broad SMARTS) is 1. The van der Waals surface area contributed by atoms with Crippen LogP contribution in [0.3, 0.4) is 0 Å². The number of para-hydroxylation sites is 2. The fourth-order valence-corrected chi connectivity index (χ4v) is 1.64. The van der Waals surface area contributed by atoms with Crippen LogP contribution >= 0.6 is 0 Å². The molecule has 2 rings (SSSR count). The van der Waals surface area contributed by atoms with Crippen molar-refractivity contribution >= 4 is 17.3 Å². The zero-order chi connectivity index (χ0) is 12.1. The second-order valence-corrected chi connectivity index (χ2v) is 3.72. The molecule has 2 aromatic rings. The van der Waals surface area contributed by atoms with E-state index in [2.05, 4.69) is 5.32 Å². The highest BCUT2D eigenvalue weighted by molar-refractivity contribution is 5.75. The van der Waals surface area contributed by atoms with E-state index in [1.54, 1.807) is 0 Å². The Morgan fingerprint density at radius 2 is 1.65 bits per heavy atom. The maximum Gasteiger partial charge on any atom is 0.307 e. The average Bonchev–Trinajstić information content (AvgIpc) is 2.32. The number of aliphatic carboxylic acids is 1. The molecule has 2 N–H and O–H groups in total. The smallest absolute Gasteiger partial charge is 0.307 e. The predicted molar refractivity (Wildman–Crippen MR) is 67.5 cm³/mol. The first-order valence-electron chi connectivity index (χ1n) is 5.37. The number of rotatable bonds is 4. The third-order valence-electron chi connectivity index (χ3n) is 2.41. The van der Waals surface area contributed by atoms with Gasteiger partial charge in [0.1, 0.15) is 0 Å². The molecule has 0 bridgehead atoms. The summed E-state index contributed by atoms with van der Waals surface area (Å²) in [6.07, 6.45) is 0.0238. The lowest BCUT2D eigenvalue weighted by atomic mass is 10.1. The lowest BCUT2D eigenvalue weighted by Crippen LogP contribution is -2.03. The Hall–Kier alpha value is -2.29. The van der Waals surface area contributed by atoms with E-state index in [9.17, 15) is 4.79 Å². The number of anilines is 2. The maximum atomic E-state index is 10.7. The first-order valence-corrected chi connectivity index (χ1v) is 5.37. The fraction of sp³-hybridized carbons (Fsp3) is 0.0714. The Morgan fingerprint density at radius 3 is 2.35 bits per heavy atom. The first-order chi connectivity index (χ1) is 8.25. The van der Waals surface area contributed by atoms with Gasteiger partial charge in [0.25, 0.3) is 0 Å². The summed E-state index contributed by atoms with van der Waals surface area (Å²) in [5.41, 5.74) is 2.57. The van der Waals surface area contributed by atoms with Gasteiger partial charge in [-0.3, -0.25) is 4.79 Å². The summed E-state index contributed by atoms with van der Waals surface area (Å²) in [4.78, 5) is 10.7. The van der Waals surface area contributed by atoms with E-state index in [0.717, 1.165) is 16.9 Å². The quantitative estimate of drug-likeness (QED) is 0.844. The second-order valence-electron chi connectivity index (χ2n) is 3.72. The number of nitrogens with one attached hydrogen (secondary N) is 1. The van der Waals surface area contributed by atoms with E-state index in [-0.39, 0.29) is 6.42 Å². The molecule has 0 aliphatic heterocycles. The van der Waals surface area contributed by atoms with Gasteiger partial charge < -0.3 is 10.4 Å². The highest BCUT2D eigenvalue weighted by Crippen LogP contribution is 2.20. The molecule has 0 fully saturated rings. The minimum atomic E-state index is -0.827. The molecule has 3 nitrogen and oxygen atoms in total. The molecule has 0 saturated heterocycles. The summed E-state index contributed by atoms with van der Waals surface area (Å²) in [6.45, 7) is 0. The molecule has 0 heterocycles. The lowest BCUT2D eigenvalue weighted by molar-refractivity contribution is -0.136. The Bertz CT molecular complexity index is 509. The van der Waals surface area contributed by atoms with Gasteiger partial charge in [-0.2, -0.15) is 0 Å². The van der Waals surface area contributed by atoms with E-state index in [0.29, 0.717) is 0 Å². The van der Waals surface area contributed by atoms with E-state index in [1.807, 2.05) is 54.6 Å². The van der Waals surface area contributed by atoms with Gasteiger partial charge in [0.2, 0.25) is 0 Å². The number of hydrogen-bond acceptors (Lipinski definition) is 2. The van der Waals surface area contributed by atoms with Gasteiger partial charge in [-0.25, -0.2) is 0 Å². The summed E-state index contributed by atoms with van der Waals surface area (Å²) in [7, 11) is 0. The Balaban J connectivity index is 2.23. The molecule has 0 aliphatic rings. The van der Waals surface area contributed by atoms with E-state index in [4.69, 9.17) is 5.11 Å². The van der Waals surface area contributed by atoms with Gasteiger partial charge in [0.15, 0.2) is 0 Å². The van der Waals surface area contributed by atoms with Crippen LogP contribution in [0.25, 0.3) is 0 Å². The molecule has 3 heteroatoms. The number of hydrogen-bond donors (Lipinski definition) is 2.